The van der Waals surface area contributed by atoms with E-state index in [9.17, 15) is 18.0 Å². The molecule has 2 heterocycles. The first-order chi connectivity index (χ1) is 13.8. The SMILES string of the molecule is COc1cnc(C(=O)Nc2ccc(F)c([C@]3(C(F)F)COCC(N)=N3)c2)c(N)c1. The first kappa shape index (κ1) is 20.4. The quantitative estimate of drug-likeness (QED) is 0.693. The summed E-state index contributed by atoms with van der Waals surface area (Å²) < 4.78 is 52.2. The molecule has 8 nitrogen and oxygen atoms in total. The molecule has 1 aliphatic heterocycles. The van der Waals surface area contributed by atoms with Crippen molar-refractivity contribution < 1.29 is 27.4 Å². The molecule has 154 valence electrons. The number of nitrogen functional groups attached to an aromatic ring is 1. The smallest absolute Gasteiger partial charge is 0.276 e. The molecule has 1 aromatic carbocycles. The lowest BCUT2D eigenvalue weighted by atomic mass is 9.90. The maximum atomic E-state index is 14.4. The highest BCUT2D eigenvalue weighted by molar-refractivity contribution is 6.06. The molecule has 1 atom stereocenters. The first-order valence-electron chi connectivity index (χ1n) is 8.38. The van der Waals surface area contributed by atoms with E-state index in [1.165, 1.54) is 25.4 Å². The monoisotopic (exact) mass is 409 g/mol. The van der Waals surface area contributed by atoms with Crippen molar-refractivity contribution in [2.75, 3.05) is 31.4 Å². The van der Waals surface area contributed by atoms with Crippen LogP contribution >= 0.6 is 0 Å². The molecule has 0 radical (unpaired) electrons. The lowest BCUT2D eigenvalue weighted by molar-refractivity contribution is -0.0145. The molecule has 0 bridgehead atoms. The van der Waals surface area contributed by atoms with Gasteiger partial charge in [-0.3, -0.25) is 9.79 Å². The van der Waals surface area contributed by atoms with Crippen LogP contribution in [-0.2, 0) is 10.3 Å². The number of rotatable bonds is 5. The van der Waals surface area contributed by atoms with Crippen LogP contribution in [0.5, 0.6) is 5.75 Å². The molecule has 0 fully saturated rings. The number of halogens is 3. The highest BCUT2D eigenvalue weighted by Crippen LogP contribution is 2.38. The van der Waals surface area contributed by atoms with Crippen molar-refractivity contribution >= 4 is 23.1 Å². The number of anilines is 2. The van der Waals surface area contributed by atoms with Crippen molar-refractivity contribution in [1.29, 1.82) is 0 Å². The molecule has 0 aliphatic carbocycles. The lowest BCUT2D eigenvalue weighted by Gasteiger charge is -2.33. The average Bonchev–Trinajstić information content (AvgIpc) is 2.68. The molecule has 2 aromatic rings. The summed E-state index contributed by atoms with van der Waals surface area (Å²) in [6.45, 7) is -0.693. The molecule has 0 unspecified atom stereocenters. The van der Waals surface area contributed by atoms with E-state index >= 15 is 0 Å². The number of ether oxygens (including phenoxy) is 2. The molecule has 11 heteroatoms. The summed E-state index contributed by atoms with van der Waals surface area (Å²) in [5, 5.41) is 2.46. The van der Waals surface area contributed by atoms with E-state index in [4.69, 9.17) is 20.9 Å². The molecular weight excluding hydrogens is 391 g/mol. The number of amidine groups is 1. The minimum absolute atomic E-state index is 0.0442. The Balaban J connectivity index is 1.95. The van der Waals surface area contributed by atoms with Crippen LogP contribution in [0, 0.1) is 5.82 Å². The fourth-order valence-corrected chi connectivity index (χ4v) is 2.89. The molecule has 1 amide bonds. The molecule has 0 spiro atoms. The summed E-state index contributed by atoms with van der Waals surface area (Å²) in [5.41, 5.74) is 8.54. The van der Waals surface area contributed by atoms with Crippen LogP contribution in [0.25, 0.3) is 0 Å². The number of alkyl halides is 2. The molecule has 1 aliphatic rings. The molecular formula is C18H18F3N5O3. The molecule has 1 aromatic heterocycles. The predicted molar refractivity (Wildman–Crippen MR) is 99.7 cm³/mol. The second kappa shape index (κ2) is 7.95. The van der Waals surface area contributed by atoms with Gasteiger partial charge in [-0.15, -0.1) is 0 Å². The second-order valence-electron chi connectivity index (χ2n) is 6.28. The van der Waals surface area contributed by atoms with Gasteiger partial charge < -0.3 is 26.3 Å². The maximum absolute atomic E-state index is 14.4. The molecule has 0 saturated heterocycles. The Morgan fingerprint density at radius 3 is 2.72 bits per heavy atom. The fraction of sp³-hybridized carbons (Fsp3) is 0.278. The van der Waals surface area contributed by atoms with E-state index < -0.39 is 35.9 Å². The third-order valence-corrected chi connectivity index (χ3v) is 4.31. The van der Waals surface area contributed by atoms with Crippen molar-refractivity contribution in [1.82, 2.24) is 4.98 Å². The number of hydrogen-bond donors (Lipinski definition) is 3. The molecule has 29 heavy (non-hydrogen) atoms. The topological polar surface area (TPSA) is 125 Å². The molecule has 0 saturated carbocycles. The van der Waals surface area contributed by atoms with Crippen molar-refractivity contribution in [2.24, 2.45) is 10.7 Å². The predicted octanol–water partition coefficient (Wildman–Crippen LogP) is 1.91. The van der Waals surface area contributed by atoms with E-state index in [-0.39, 0.29) is 29.5 Å². The number of nitrogens with one attached hydrogen (secondary N) is 1. The van der Waals surface area contributed by atoms with E-state index in [1.807, 2.05) is 0 Å². The Bertz CT molecular complexity index is 970. The zero-order chi connectivity index (χ0) is 21.2. The van der Waals surface area contributed by atoms with Crippen molar-refractivity contribution in [3.05, 3.63) is 47.5 Å². The maximum Gasteiger partial charge on any atom is 0.276 e. The van der Waals surface area contributed by atoms with Gasteiger partial charge in [0.15, 0.2) is 11.2 Å². The minimum Gasteiger partial charge on any atom is -0.495 e. The number of carbonyl (C=O) groups excluding carboxylic acids is 1. The third-order valence-electron chi connectivity index (χ3n) is 4.31. The van der Waals surface area contributed by atoms with Gasteiger partial charge in [-0.1, -0.05) is 0 Å². The largest absolute Gasteiger partial charge is 0.495 e. The van der Waals surface area contributed by atoms with Gasteiger partial charge in [0.2, 0.25) is 0 Å². The number of nitrogens with two attached hydrogens (primary N) is 2. The van der Waals surface area contributed by atoms with Gasteiger partial charge in [0.1, 0.15) is 24.0 Å². The van der Waals surface area contributed by atoms with Gasteiger partial charge >= 0.3 is 0 Å². The number of amides is 1. The van der Waals surface area contributed by atoms with Crippen LogP contribution in [0.15, 0.2) is 35.5 Å². The Hall–Kier alpha value is -3.34. The Morgan fingerprint density at radius 2 is 2.10 bits per heavy atom. The number of pyridine rings is 1. The highest BCUT2D eigenvalue weighted by Gasteiger charge is 2.46. The highest BCUT2D eigenvalue weighted by atomic mass is 19.3. The van der Waals surface area contributed by atoms with Crippen molar-refractivity contribution in [3.63, 3.8) is 0 Å². The molecule has 5 N–H and O–H groups in total. The van der Waals surface area contributed by atoms with E-state index in [2.05, 4.69) is 15.3 Å². The number of nitrogens with zero attached hydrogens (tertiary/aromatic N) is 2. The second-order valence-corrected chi connectivity index (χ2v) is 6.28. The number of benzene rings is 1. The summed E-state index contributed by atoms with van der Waals surface area (Å²) in [5.74, 6) is -1.47. The zero-order valence-corrected chi connectivity index (χ0v) is 15.3. The van der Waals surface area contributed by atoms with Gasteiger partial charge in [-0.05, 0) is 18.2 Å². The van der Waals surface area contributed by atoms with Crippen LogP contribution in [0.4, 0.5) is 24.5 Å². The van der Waals surface area contributed by atoms with Crippen molar-refractivity contribution in [3.8, 4) is 5.75 Å². The normalized spacial score (nSPS) is 19.0. The van der Waals surface area contributed by atoms with Crippen LogP contribution in [-0.4, -0.2) is 43.5 Å². The number of methoxy groups -OCH3 is 1. The van der Waals surface area contributed by atoms with Gasteiger partial charge in [-0.2, -0.15) is 0 Å². The van der Waals surface area contributed by atoms with E-state index in [0.29, 0.717) is 5.75 Å². The average molecular weight is 409 g/mol. The van der Waals surface area contributed by atoms with Crippen LogP contribution < -0.4 is 21.5 Å². The Kier molecular flexibility index (Phi) is 5.59. The number of hydrogen-bond acceptors (Lipinski definition) is 7. The minimum atomic E-state index is -3.10. The lowest BCUT2D eigenvalue weighted by Crippen LogP contribution is -2.45. The zero-order valence-electron chi connectivity index (χ0n) is 15.3. The van der Waals surface area contributed by atoms with Gasteiger partial charge in [-0.25, -0.2) is 18.2 Å². The standard InChI is InChI=1S/C18H18F3N5O3/c1-28-10-5-13(22)15(24-6-10)16(27)25-9-2-3-12(19)11(4-9)18(17(20)21)8-29-7-14(23)26-18/h2-6,17H,7-8,22H2,1H3,(H2,23,26)(H,25,27)/t18-/m0/s1. The number of aliphatic imine (C=N–C) groups is 1. The first-order valence-corrected chi connectivity index (χ1v) is 8.38. The van der Waals surface area contributed by atoms with Crippen LogP contribution in [0.2, 0.25) is 0 Å². The summed E-state index contributed by atoms with van der Waals surface area (Å²) >= 11 is 0. The molecule has 3 rings (SSSR count). The van der Waals surface area contributed by atoms with Crippen LogP contribution in [0.1, 0.15) is 16.1 Å². The van der Waals surface area contributed by atoms with Gasteiger partial charge in [0.25, 0.3) is 12.3 Å². The summed E-state index contributed by atoms with van der Waals surface area (Å²) in [6, 6.07) is 4.62. The van der Waals surface area contributed by atoms with Crippen LogP contribution in [0.3, 0.4) is 0 Å². The van der Waals surface area contributed by atoms with E-state index in [1.54, 1.807) is 0 Å². The van der Waals surface area contributed by atoms with Gasteiger partial charge in [0, 0.05) is 17.3 Å². The summed E-state index contributed by atoms with van der Waals surface area (Å²) in [7, 11) is 1.42. The summed E-state index contributed by atoms with van der Waals surface area (Å²) in [6.07, 6.45) is -1.80. The van der Waals surface area contributed by atoms with Crippen molar-refractivity contribution in [2.45, 2.75) is 12.0 Å². The third kappa shape index (κ3) is 3.94. The van der Waals surface area contributed by atoms with E-state index in [0.717, 1.165) is 12.1 Å². The summed E-state index contributed by atoms with van der Waals surface area (Å²) in [4.78, 5) is 20.2. The number of aromatic nitrogens is 1. The Morgan fingerprint density at radius 1 is 1.34 bits per heavy atom. The van der Waals surface area contributed by atoms with Gasteiger partial charge in [0.05, 0.1) is 25.6 Å². The Labute approximate surface area is 163 Å². The number of carbonyl (C=O) groups is 1. The fourth-order valence-electron chi connectivity index (χ4n) is 2.89.